The normalized spacial score (nSPS) is 17.9. The van der Waals surface area contributed by atoms with E-state index in [1.165, 1.54) is 4.70 Å². The van der Waals surface area contributed by atoms with Crippen molar-refractivity contribution in [1.82, 2.24) is 10.1 Å². The second-order valence-electron chi connectivity index (χ2n) is 5.43. The molecule has 1 saturated carbocycles. The number of aromatic nitrogens is 2. The Kier molecular flexibility index (Phi) is 2.65. The molecule has 4 rings (SSSR count). The molecule has 1 aliphatic rings. The van der Waals surface area contributed by atoms with Crippen LogP contribution in [0.25, 0.3) is 21.5 Å². The van der Waals surface area contributed by atoms with E-state index < -0.39 is 5.54 Å². The fourth-order valence-corrected chi connectivity index (χ4v) is 3.84. The van der Waals surface area contributed by atoms with Gasteiger partial charge < -0.3 is 10.3 Å². The number of nitrogens with two attached hydrogens (primary N) is 1. The van der Waals surface area contributed by atoms with Crippen molar-refractivity contribution in [3.63, 3.8) is 0 Å². The Morgan fingerprint density at radius 3 is 2.85 bits per heavy atom. The van der Waals surface area contributed by atoms with Crippen LogP contribution in [0.15, 0.2) is 34.2 Å². The summed E-state index contributed by atoms with van der Waals surface area (Å²) in [6, 6.07) is 8.24. The van der Waals surface area contributed by atoms with E-state index in [-0.39, 0.29) is 0 Å². The van der Waals surface area contributed by atoms with Gasteiger partial charge in [-0.05, 0) is 18.9 Å². The van der Waals surface area contributed by atoms with Crippen molar-refractivity contribution in [3.8, 4) is 11.5 Å². The standard InChI is InChI=1S/C15H15N3OS/c16-15(7-3-4-8-15)14-17-13(19-18-14)11-9-20-12-6-2-1-5-10(11)12/h1-2,5-6,9H,3-4,7-8,16H2. The molecule has 0 unspecified atom stereocenters. The van der Waals surface area contributed by atoms with Gasteiger partial charge in [0.25, 0.3) is 5.89 Å². The number of nitrogens with zero attached hydrogens (tertiary/aromatic N) is 2. The highest BCUT2D eigenvalue weighted by atomic mass is 32.1. The van der Waals surface area contributed by atoms with E-state index in [9.17, 15) is 0 Å². The van der Waals surface area contributed by atoms with Crippen LogP contribution in [0.5, 0.6) is 0 Å². The van der Waals surface area contributed by atoms with Crippen LogP contribution < -0.4 is 5.73 Å². The van der Waals surface area contributed by atoms with Gasteiger partial charge in [-0.25, -0.2) is 0 Å². The summed E-state index contributed by atoms with van der Waals surface area (Å²) in [5.74, 6) is 1.23. The van der Waals surface area contributed by atoms with Gasteiger partial charge in [0, 0.05) is 15.5 Å². The summed E-state index contributed by atoms with van der Waals surface area (Å²) in [4.78, 5) is 4.56. The zero-order valence-electron chi connectivity index (χ0n) is 11.0. The van der Waals surface area contributed by atoms with E-state index in [1.807, 2.05) is 12.1 Å². The average Bonchev–Trinajstić information content (AvgIpc) is 3.16. The fourth-order valence-electron chi connectivity index (χ4n) is 2.91. The first-order chi connectivity index (χ1) is 9.76. The third-order valence-corrected chi connectivity index (χ3v) is 5.04. The van der Waals surface area contributed by atoms with Crippen molar-refractivity contribution in [2.45, 2.75) is 31.2 Å². The molecule has 0 atom stereocenters. The molecule has 2 aromatic heterocycles. The zero-order chi connectivity index (χ0) is 13.6. The molecular formula is C15H15N3OS. The van der Waals surface area contributed by atoms with Gasteiger partial charge in [-0.15, -0.1) is 11.3 Å². The molecule has 3 aromatic rings. The highest BCUT2D eigenvalue weighted by Gasteiger charge is 2.36. The van der Waals surface area contributed by atoms with Gasteiger partial charge >= 0.3 is 0 Å². The smallest absolute Gasteiger partial charge is 0.259 e. The Bertz CT molecular complexity index is 755. The van der Waals surface area contributed by atoms with E-state index in [0.29, 0.717) is 11.7 Å². The third kappa shape index (κ3) is 1.77. The molecule has 0 amide bonds. The largest absolute Gasteiger partial charge is 0.334 e. The van der Waals surface area contributed by atoms with E-state index in [0.717, 1.165) is 36.6 Å². The maximum atomic E-state index is 6.38. The molecule has 1 aromatic carbocycles. The molecule has 0 saturated heterocycles. The molecule has 20 heavy (non-hydrogen) atoms. The summed E-state index contributed by atoms with van der Waals surface area (Å²) in [5.41, 5.74) is 6.99. The molecule has 4 nitrogen and oxygen atoms in total. The monoisotopic (exact) mass is 285 g/mol. The van der Waals surface area contributed by atoms with Gasteiger partial charge in [0.1, 0.15) is 0 Å². The lowest BCUT2D eigenvalue weighted by atomic mass is 9.99. The molecule has 5 heteroatoms. The Labute approximate surface area is 120 Å². The van der Waals surface area contributed by atoms with Crippen molar-refractivity contribution < 1.29 is 4.52 Å². The molecule has 2 N–H and O–H groups in total. The van der Waals surface area contributed by atoms with Crippen LogP contribution in [0.2, 0.25) is 0 Å². The van der Waals surface area contributed by atoms with E-state index in [4.69, 9.17) is 10.3 Å². The second-order valence-corrected chi connectivity index (χ2v) is 6.34. The van der Waals surface area contributed by atoms with Gasteiger partial charge in [0.2, 0.25) is 0 Å². The first-order valence-corrected chi connectivity index (χ1v) is 7.74. The lowest BCUT2D eigenvalue weighted by Crippen LogP contribution is -2.34. The van der Waals surface area contributed by atoms with Crippen LogP contribution >= 0.6 is 11.3 Å². The molecule has 1 aliphatic carbocycles. The minimum absolute atomic E-state index is 0.395. The van der Waals surface area contributed by atoms with Crippen LogP contribution in [-0.2, 0) is 5.54 Å². The molecule has 2 heterocycles. The van der Waals surface area contributed by atoms with E-state index >= 15 is 0 Å². The van der Waals surface area contributed by atoms with Crippen LogP contribution in [-0.4, -0.2) is 10.1 Å². The summed E-state index contributed by atoms with van der Waals surface area (Å²) in [6.07, 6.45) is 4.16. The minimum Gasteiger partial charge on any atom is -0.334 e. The van der Waals surface area contributed by atoms with E-state index in [1.54, 1.807) is 11.3 Å². The molecule has 0 radical (unpaired) electrons. The quantitative estimate of drug-likeness (QED) is 0.780. The fraction of sp³-hybridized carbons (Fsp3) is 0.333. The third-order valence-electron chi connectivity index (χ3n) is 4.08. The zero-order valence-corrected chi connectivity index (χ0v) is 11.8. The summed E-state index contributed by atoms with van der Waals surface area (Å²) < 4.78 is 6.69. The van der Waals surface area contributed by atoms with Gasteiger partial charge in [-0.1, -0.05) is 36.2 Å². The number of thiophene rings is 1. The first kappa shape index (κ1) is 12.1. The molecule has 0 aliphatic heterocycles. The Morgan fingerprint density at radius 2 is 2.00 bits per heavy atom. The number of fused-ring (bicyclic) bond motifs is 1. The van der Waals surface area contributed by atoms with Gasteiger partial charge in [-0.3, -0.25) is 0 Å². The highest BCUT2D eigenvalue weighted by molar-refractivity contribution is 7.17. The number of hydrogen-bond donors (Lipinski definition) is 1. The van der Waals surface area contributed by atoms with Crippen molar-refractivity contribution in [3.05, 3.63) is 35.5 Å². The Hall–Kier alpha value is -1.72. The lowest BCUT2D eigenvalue weighted by Gasteiger charge is -2.17. The van der Waals surface area contributed by atoms with Crippen LogP contribution in [0.4, 0.5) is 0 Å². The van der Waals surface area contributed by atoms with Crippen LogP contribution in [0.1, 0.15) is 31.5 Å². The first-order valence-electron chi connectivity index (χ1n) is 6.86. The maximum absolute atomic E-state index is 6.38. The topological polar surface area (TPSA) is 64.9 Å². The molecule has 0 bridgehead atoms. The average molecular weight is 285 g/mol. The van der Waals surface area contributed by atoms with Crippen molar-refractivity contribution in [2.75, 3.05) is 0 Å². The predicted molar refractivity (Wildman–Crippen MR) is 79.5 cm³/mol. The minimum atomic E-state index is -0.395. The van der Waals surface area contributed by atoms with Crippen molar-refractivity contribution in [2.24, 2.45) is 5.73 Å². The molecule has 1 fully saturated rings. The van der Waals surface area contributed by atoms with Gasteiger partial charge in [-0.2, -0.15) is 4.98 Å². The maximum Gasteiger partial charge on any atom is 0.259 e. The van der Waals surface area contributed by atoms with E-state index in [2.05, 4.69) is 27.7 Å². The van der Waals surface area contributed by atoms with Crippen molar-refractivity contribution >= 4 is 21.4 Å². The Balaban J connectivity index is 1.78. The SMILES string of the molecule is NC1(c2noc(-c3csc4ccccc34)n2)CCCC1. The Morgan fingerprint density at radius 1 is 1.20 bits per heavy atom. The summed E-state index contributed by atoms with van der Waals surface area (Å²) >= 11 is 1.69. The molecular weight excluding hydrogens is 270 g/mol. The number of benzene rings is 1. The molecule has 102 valence electrons. The van der Waals surface area contributed by atoms with Gasteiger partial charge in [0.05, 0.1) is 11.1 Å². The van der Waals surface area contributed by atoms with Gasteiger partial charge in [0.15, 0.2) is 5.82 Å². The predicted octanol–water partition coefficient (Wildman–Crippen LogP) is 3.68. The lowest BCUT2D eigenvalue weighted by molar-refractivity contribution is 0.373. The number of rotatable bonds is 2. The number of hydrogen-bond acceptors (Lipinski definition) is 5. The summed E-state index contributed by atoms with van der Waals surface area (Å²) in [6.45, 7) is 0. The molecule has 0 spiro atoms. The summed E-state index contributed by atoms with van der Waals surface area (Å²) in [5, 5.41) is 7.35. The highest BCUT2D eigenvalue weighted by Crippen LogP contribution is 2.37. The van der Waals surface area contributed by atoms with Crippen LogP contribution in [0.3, 0.4) is 0 Å². The van der Waals surface area contributed by atoms with Crippen molar-refractivity contribution in [1.29, 1.82) is 0 Å². The summed E-state index contributed by atoms with van der Waals surface area (Å²) in [7, 11) is 0. The second kappa shape index (κ2) is 4.40. The van der Waals surface area contributed by atoms with Crippen LogP contribution in [0, 0.1) is 0 Å².